The fourth-order valence-corrected chi connectivity index (χ4v) is 3.12. The molecule has 1 unspecified atom stereocenters. The Morgan fingerprint density at radius 3 is 2.35 bits per heavy atom. The van der Waals surface area contributed by atoms with E-state index in [0.717, 1.165) is 31.6 Å². The standard InChI is InChI=1S/C15H31NO/c1-4-13-7-9-14(10-8-13)15(16-5-2)11-12-17-6-3/h13-16H,4-12H2,1-3H3. The molecule has 17 heavy (non-hydrogen) atoms. The Morgan fingerprint density at radius 1 is 1.12 bits per heavy atom. The molecule has 0 aromatic rings. The molecule has 2 nitrogen and oxygen atoms in total. The van der Waals surface area contributed by atoms with E-state index in [4.69, 9.17) is 4.74 Å². The highest BCUT2D eigenvalue weighted by Gasteiger charge is 2.26. The van der Waals surface area contributed by atoms with Crippen LogP contribution in [0.4, 0.5) is 0 Å². The monoisotopic (exact) mass is 241 g/mol. The fraction of sp³-hybridized carbons (Fsp3) is 1.00. The highest BCUT2D eigenvalue weighted by molar-refractivity contribution is 4.81. The van der Waals surface area contributed by atoms with E-state index in [0.29, 0.717) is 6.04 Å². The average Bonchev–Trinajstić information content (AvgIpc) is 2.38. The van der Waals surface area contributed by atoms with Gasteiger partial charge in [-0.25, -0.2) is 0 Å². The summed E-state index contributed by atoms with van der Waals surface area (Å²) in [5, 5.41) is 3.66. The third-order valence-electron chi connectivity index (χ3n) is 4.28. The summed E-state index contributed by atoms with van der Waals surface area (Å²) in [6, 6.07) is 0.685. The van der Waals surface area contributed by atoms with Gasteiger partial charge in [0.15, 0.2) is 0 Å². The van der Waals surface area contributed by atoms with E-state index >= 15 is 0 Å². The van der Waals surface area contributed by atoms with Crippen molar-refractivity contribution in [2.24, 2.45) is 11.8 Å². The molecular weight excluding hydrogens is 210 g/mol. The lowest BCUT2D eigenvalue weighted by Gasteiger charge is -2.34. The van der Waals surface area contributed by atoms with E-state index in [2.05, 4.69) is 26.1 Å². The van der Waals surface area contributed by atoms with Gasteiger partial charge < -0.3 is 10.1 Å². The Labute approximate surface area is 108 Å². The topological polar surface area (TPSA) is 21.3 Å². The summed E-state index contributed by atoms with van der Waals surface area (Å²) in [5.41, 5.74) is 0. The first-order valence-electron chi connectivity index (χ1n) is 7.62. The molecule has 0 saturated heterocycles. The normalized spacial score (nSPS) is 27.0. The maximum absolute atomic E-state index is 5.50. The van der Waals surface area contributed by atoms with Gasteiger partial charge in [-0.2, -0.15) is 0 Å². The van der Waals surface area contributed by atoms with Gasteiger partial charge in [0.25, 0.3) is 0 Å². The Bertz CT molecular complexity index is 176. The summed E-state index contributed by atoms with van der Waals surface area (Å²) in [6.45, 7) is 9.48. The summed E-state index contributed by atoms with van der Waals surface area (Å²) in [7, 11) is 0. The molecule has 102 valence electrons. The van der Waals surface area contributed by atoms with Gasteiger partial charge in [0.2, 0.25) is 0 Å². The van der Waals surface area contributed by atoms with Crippen molar-refractivity contribution in [3.05, 3.63) is 0 Å². The smallest absolute Gasteiger partial charge is 0.0480 e. The third kappa shape index (κ3) is 5.39. The van der Waals surface area contributed by atoms with Crippen LogP contribution in [0.3, 0.4) is 0 Å². The maximum Gasteiger partial charge on any atom is 0.0480 e. The quantitative estimate of drug-likeness (QED) is 0.656. The number of hydrogen-bond donors (Lipinski definition) is 1. The molecule has 0 spiro atoms. The van der Waals surface area contributed by atoms with Crippen LogP contribution < -0.4 is 5.32 Å². The van der Waals surface area contributed by atoms with Crippen molar-refractivity contribution in [3.63, 3.8) is 0 Å². The molecule has 0 aromatic carbocycles. The molecule has 0 heterocycles. The first kappa shape index (κ1) is 15.0. The summed E-state index contributed by atoms with van der Waals surface area (Å²) in [6.07, 6.45) is 8.28. The van der Waals surface area contributed by atoms with Crippen LogP contribution in [0.15, 0.2) is 0 Å². The van der Waals surface area contributed by atoms with Crippen molar-refractivity contribution in [3.8, 4) is 0 Å². The van der Waals surface area contributed by atoms with Crippen molar-refractivity contribution in [2.75, 3.05) is 19.8 Å². The van der Waals surface area contributed by atoms with Gasteiger partial charge in [0.1, 0.15) is 0 Å². The molecule has 1 aliphatic rings. The number of ether oxygens (including phenoxy) is 1. The van der Waals surface area contributed by atoms with Crippen molar-refractivity contribution in [1.82, 2.24) is 5.32 Å². The molecule has 1 rings (SSSR count). The highest BCUT2D eigenvalue weighted by atomic mass is 16.5. The first-order chi connectivity index (χ1) is 8.31. The van der Waals surface area contributed by atoms with Crippen LogP contribution >= 0.6 is 0 Å². The van der Waals surface area contributed by atoms with Crippen LogP contribution in [0.5, 0.6) is 0 Å². The Morgan fingerprint density at radius 2 is 1.82 bits per heavy atom. The number of hydrogen-bond acceptors (Lipinski definition) is 2. The van der Waals surface area contributed by atoms with Gasteiger partial charge in [-0.3, -0.25) is 0 Å². The van der Waals surface area contributed by atoms with Crippen LogP contribution in [0.25, 0.3) is 0 Å². The summed E-state index contributed by atoms with van der Waals surface area (Å²) in [5.74, 6) is 1.89. The third-order valence-corrected chi connectivity index (χ3v) is 4.28. The fourth-order valence-electron chi connectivity index (χ4n) is 3.12. The lowest BCUT2D eigenvalue weighted by molar-refractivity contribution is 0.119. The molecule has 1 fully saturated rings. The van der Waals surface area contributed by atoms with Crippen molar-refractivity contribution in [2.45, 2.75) is 65.3 Å². The molecule has 0 amide bonds. The van der Waals surface area contributed by atoms with E-state index in [1.807, 2.05) is 0 Å². The molecule has 0 radical (unpaired) electrons. The van der Waals surface area contributed by atoms with Crippen molar-refractivity contribution >= 4 is 0 Å². The second-order valence-corrected chi connectivity index (χ2v) is 5.34. The molecule has 1 N–H and O–H groups in total. The predicted molar refractivity (Wildman–Crippen MR) is 74.3 cm³/mol. The maximum atomic E-state index is 5.50. The lowest BCUT2D eigenvalue weighted by Crippen LogP contribution is -2.39. The second-order valence-electron chi connectivity index (χ2n) is 5.34. The van der Waals surface area contributed by atoms with E-state index in [1.165, 1.54) is 38.5 Å². The van der Waals surface area contributed by atoms with E-state index in [1.54, 1.807) is 0 Å². The zero-order chi connectivity index (χ0) is 12.5. The van der Waals surface area contributed by atoms with E-state index < -0.39 is 0 Å². The Hall–Kier alpha value is -0.0800. The molecular formula is C15H31NO. The second kappa shape index (κ2) is 8.93. The SMILES string of the molecule is CCNC(CCOCC)C1CCC(CC)CC1. The Balaban J connectivity index is 2.31. The number of nitrogens with one attached hydrogen (secondary N) is 1. The molecule has 0 aliphatic heterocycles. The van der Waals surface area contributed by atoms with Gasteiger partial charge in [0, 0.05) is 19.3 Å². The van der Waals surface area contributed by atoms with Crippen LogP contribution in [0.1, 0.15) is 59.3 Å². The minimum absolute atomic E-state index is 0.685. The van der Waals surface area contributed by atoms with Crippen molar-refractivity contribution in [1.29, 1.82) is 0 Å². The lowest BCUT2D eigenvalue weighted by atomic mass is 9.77. The molecule has 1 atom stereocenters. The highest BCUT2D eigenvalue weighted by Crippen LogP contribution is 2.33. The summed E-state index contributed by atoms with van der Waals surface area (Å²) in [4.78, 5) is 0. The van der Waals surface area contributed by atoms with E-state index in [9.17, 15) is 0 Å². The molecule has 0 aromatic heterocycles. The number of rotatable bonds is 8. The average molecular weight is 241 g/mol. The predicted octanol–water partition coefficient (Wildman–Crippen LogP) is 3.61. The molecule has 1 saturated carbocycles. The largest absolute Gasteiger partial charge is 0.382 e. The van der Waals surface area contributed by atoms with Gasteiger partial charge in [-0.1, -0.05) is 33.1 Å². The van der Waals surface area contributed by atoms with Crippen LogP contribution in [0.2, 0.25) is 0 Å². The van der Waals surface area contributed by atoms with Crippen LogP contribution in [-0.2, 0) is 4.74 Å². The first-order valence-corrected chi connectivity index (χ1v) is 7.62. The zero-order valence-electron chi connectivity index (χ0n) is 12.0. The summed E-state index contributed by atoms with van der Waals surface area (Å²) >= 11 is 0. The minimum Gasteiger partial charge on any atom is -0.382 e. The summed E-state index contributed by atoms with van der Waals surface area (Å²) < 4.78 is 5.50. The minimum atomic E-state index is 0.685. The van der Waals surface area contributed by atoms with Gasteiger partial charge in [0.05, 0.1) is 0 Å². The Kier molecular flexibility index (Phi) is 7.87. The van der Waals surface area contributed by atoms with Crippen LogP contribution in [-0.4, -0.2) is 25.8 Å². The molecule has 0 bridgehead atoms. The molecule has 2 heteroatoms. The van der Waals surface area contributed by atoms with Crippen molar-refractivity contribution < 1.29 is 4.74 Å². The van der Waals surface area contributed by atoms with Gasteiger partial charge in [-0.05, 0) is 44.6 Å². The zero-order valence-corrected chi connectivity index (χ0v) is 12.0. The van der Waals surface area contributed by atoms with E-state index in [-0.39, 0.29) is 0 Å². The van der Waals surface area contributed by atoms with Gasteiger partial charge >= 0.3 is 0 Å². The van der Waals surface area contributed by atoms with Crippen LogP contribution in [0, 0.1) is 11.8 Å². The van der Waals surface area contributed by atoms with Gasteiger partial charge in [-0.15, -0.1) is 0 Å². The molecule has 1 aliphatic carbocycles.